The van der Waals surface area contributed by atoms with Crippen LogP contribution in [-0.4, -0.2) is 19.6 Å². The first-order valence-corrected chi connectivity index (χ1v) is 5.81. The van der Waals surface area contributed by atoms with Gasteiger partial charge in [0.1, 0.15) is 0 Å². The van der Waals surface area contributed by atoms with E-state index in [0.29, 0.717) is 5.41 Å². The summed E-state index contributed by atoms with van der Waals surface area (Å²) in [7, 11) is 0. The van der Waals surface area contributed by atoms with Crippen LogP contribution in [0.1, 0.15) is 19.8 Å². The largest absolute Gasteiger partial charge is 0.384 e. The third kappa shape index (κ3) is 2.51. The van der Waals surface area contributed by atoms with E-state index in [2.05, 4.69) is 34.9 Å². The molecule has 0 aromatic heterocycles. The van der Waals surface area contributed by atoms with E-state index in [1.807, 2.05) is 13.0 Å². The zero-order valence-electron chi connectivity index (χ0n) is 9.42. The van der Waals surface area contributed by atoms with Crippen LogP contribution in [-0.2, 0) is 0 Å². The third-order valence-corrected chi connectivity index (χ3v) is 3.28. The number of hydrogen-bond donors (Lipinski definition) is 2. The summed E-state index contributed by atoms with van der Waals surface area (Å²) in [6.07, 6.45) is 13.3. The Balaban J connectivity index is 2.00. The van der Waals surface area contributed by atoms with Crippen molar-refractivity contribution >= 4 is 0 Å². The van der Waals surface area contributed by atoms with E-state index in [1.54, 1.807) is 0 Å². The molecule has 15 heavy (non-hydrogen) atoms. The third-order valence-electron chi connectivity index (χ3n) is 3.28. The van der Waals surface area contributed by atoms with E-state index in [1.165, 1.54) is 18.5 Å². The summed E-state index contributed by atoms with van der Waals surface area (Å²) in [6, 6.07) is 0. The van der Waals surface area contributed by atoms with Crippen molar-refractivity contribution in [3.8, 4) is 0 Å². The molecule has 0 bridgehead atoms. The molecule has 0 aromatic carbocycles. The lowest BCUT2D eigenvalue weighted by molar-refractivity contribution is 0.285. The maximum atomic E-state index is 3.49. The molecular weight excluding hydrogens is 184 g/mol. The van der Waals surface area contributed by atoms with Crippen LogP contribution in [0.5, 0.6) is 0 Å². The predicted molar refractivity (Wildman–Crippen MR) is 64.6 cm³/mol. The quantitative estimate of drug-likeness (QED) is 0.672. The fourth-order valence-electron chi connectivity index (χ4n) is 2.33. The van der Waals surface area contributed by atoms with Gasteiger partial charge in [0.25, 0.3) is 0 Å². The summed E-state index contributed by atoms with van der Waals surface area (Å²) >= 11 is 0. The Bertz CT molecular complexity index is 294. The van der Waals surface area contributed by atoms with Crippen molar-refractivity contribution in [2.24, 2.45) is 5.41 Å². The standard InChI is InChI=1S/C13H20N2/c1-2-3-4-5-12-10-13(11-15-12)6-8-14-9-7-13/h2-5,10,14-15H,6-9,11H2,1H3/b3-2-,5-4-. The maximum absolute atomic E-state index is 3.49. The second kappa shape index (κ2) is 4.67. The van der Waals surface area contributed by atoms with Gasteiger partial charge in [-0.15, -0.1) is 0 Å². The van der Waals surface area contributed by atoms with Crippen molar-refractivity contribution in [3.05, 3.63) is 36.1 Å². The van der Waals surface area contributed by atoms with Gasteiger partial charge in [0.2, 0.25) is 0 Å². The van der Waals surface area contributed by atoms with E-state index in [9.17, 15) is 0 Å². The van der Waals surface area contributed by atoms with Gasteiger partial charge in [-0.25, -0.2) is 0 Å². The van der Waals surface area contributed by atoms with Gasteiger partial charge >= 0.3 is 0 Å². The first kappa shape index (κ1) is 10.5. The average molecular weight is 204 g/mol. The molecule has 2 N–H and O–H groups in total. The van der Waals surface area contributed by atoms with Crippen LogP contribution in [0.25, 0.3) is 0 Å². The van der Waals surface area contributed by atoms with Crippen LogP contribution in [0.15, 0.2) is 36.1 Å². The van der Waals surface area contributed by atoms with Crippen molar-refractivity contribution in [1.82, 2.24) is 10.6 Å². The molecule has 1 fully saturated rings. The molecule has 1 spiro atoms. The molecular formula is C13H20N2. The second-order valence-electron chi connectivity index (χ2n) is 4.45. The minimum atomic E-state index is 0.431. The predicted octanol–water partition coefficient (Wildman–Crippen LogP) is 1.98. The highest BCUT2D eigenvalue weighted by Crippen LogP contribution is 2.34. The van der Waals surface area contributed by atoms with E-state index in [0.717, 1.165) is 19.6 Å². The minimum Gasteiger partial charge on any atom is -0.384 e. The highest BCUT2D eigenvalue weighted by molar-refractivity contribution is 5.28. The van der Waals surface area contributed by atoms with Crippen LogP contribution in [0.2, 0.25) is 0 Å². The summed E-state index contributed by atoms with van der Waals surface area (Å²) in [5, 5.41) is 6.91. The minimum absolute atomic E-state index is 0.431. The molecule has 0 aromatic rings. The molecule has 2 nitrogen and oxygen atoms in total. The van der Waals surface area contributed by atoms with Gasteiger partial charge in [-0.2, -0.15) is 0 Å². The van der Waals surface area contributed by atoms with Crippen molar-refractivity contribution < 1.29 is 0 Å². The molecule has 0 aliphatic carbocycles. The van der Waals surface area contributed by atoms with Crippen LogP contribution >= 0.6 is 0 Å². The zero-order valence-corrected chi connectivity index (χ0v) is 9.42. The Labute approximate surface area is 92.1 Å². The van der Waals surface area contributed by atoms with Crippen molar-refractivity contribution in [1.29, 1.82) is 0 Å². The molecule has 0 amide bonds. The molecule has 2 rings (SSSR count). The van der Waals surface area contributed by atoms with Crippen LogP contribution in [0, 0.1) is 5.41 Å². The molecule has 2 aliphatic heterocycles. The second-order valence-corrected chi connectivity index (χ2v) is 4.45. The summed E-state index contributed by atoms with van der Waals surface area (Å²) < 4.78 is 0. The molecule has 2 heterocycles. The van der Waals surface area contributed by atoms with E-state index in [-0.39, 0.29) is 0 Å². The Morgan fingerprint density at radius 3 is 2.80 bits per heavy atom. The van der Waals surface area contributed by atoms with Crippen molar-refractivity contribution in [2.75, 3.05) is 19.6 Å². The van der Waals surface area contributed by atoms with E-state index >= 15 is 0 Å². The highest BCUT2D eigenvalue weighted by Gasteiger charge is 2.33. The lowest BCUT2D eigenvalue weighted by atomic mass is 9.80. The fourth-order valence-corrected chi connectivity index (χ4v) is 2.33. The van der Waals surface area contributed by atoms with Gasteiger partial charge in [-0.05, 0) is 38.9 Å². The molecule has 1 saturated heterocycles. The van der Waals surface area contributed by atoms with Gasteiger partial charge in [-0.1, -0.05) is 24.3 Å². The number of allylic oxidation sites excluding steroid dienone is 4. The van der Waals surface area contributed by atoms with Gasteiger partial charge < -0.3 is 10.6 Å². The summed E-state index contributed by atoms with van der Waals surface area (Å²) in [6.45, 7) is 5.47. The van der Waals surface area contributed by atoms with Gasteiger partial charge in [-0.3, -0.25) is 0 Å². The molecule has 0 radical (unpaired) electrons. The summed E-state index contributed by atoms with van der Waals surface area (Å²) in [5.74, 6) is 0. The van der Waals surface area contributed by atoms with Gasteiger partial charge in [0.05, 0.1) is 0 Å². The number of rotatable bonds is 2. The smallest absolute Gasteiger partial charge is 0.0306 e. The molecule has 0 atom stereocenters. The lowest BCUT2D eigenvalue weighted by Gasteiger charge is -2.31. The van der Waals surface area contributed by atoms with Crippen LogP contribution in [0.3, 0.4) is 0 Å². The maximum Gasteiger partial charge on any atom is 0.0306 e. The van der Waals surface area contributed by atoms with Crippen LogP contribution in [0.4, 0.5) is 0 Å². The number of nitrogens with one attached hydrogen (secondary N) is 2. The molecule has 0 unspecified atom stereocenters. The Morgan fingerprint density at radius 2 is 2.07 bits per heavy atom. The van der Waals surface area contributed by atoms with Crippen LogP contribution < -0.4 is 10.6 Å². The number of hydrogen-bond acceptors (Lipinski definition) is 2. The SMILES string of the molecule is C/C=C\C=C/C1=CC2(CCNCC2)CN1. The Morgan fingerprint density at radius 1 is 1.27 bits per heavy atom. The molecule has 82 valence electrons. The Hall–Kier alpha value is -1.02. The zero-order chi connectivity index (χ0) is 10.6. The normalized spacial score (nSPS) is 25.0. The first-order valence-electron chi connectivity index (χ1n) is 5.81. The van der Waals surface area contributed by atoms with Gasteiger partial charge in [0.15, 0.2) is 0 Å². The van der Waals surface area contributed by atoms with E-state index < -0.39 is 0 Å². The number of piperidine rings is 1. The molecule has 0 saturated carbocycles. The summed E-state index contributed by atoms with van der Waals surface area (Å²) in [4.78, 5) is 0. The van der Waals surface area contributed by atoms with Gasteiger partial charge in [0, 0.05) is 17.7 Å². The lowest BCUT2D eigenvalue weighted by Crippen LogP contribution is -2.38. The average Bonchev–Trinajstić information content (AvgIpc) is 2.63. The Kier molecular flexibility index (Phi) is 3.27. The molecule has 2 aliphatic rings. The first-order chi connectivity index (χ1) is 7.35. The summed E-state index contributed by atoms with van der Waals surface area (Å²) in [5.41, 5.74) is 1.72. The highest BCUT2D eigenvalue weighted by atomic mass is 15.0. The topological polar surface area (TPSA) is 24.1 Å². The van der Waals surface area contributed by atoms with Crippen molar-refractivity contribution in [2.45, 2.75) is 19.8 Å². The van der Waals surface area contributed by atoms with E-state index in [4.69, 9.17) is 0 Å². The fraction of sp³-hybridized carbons (Fsp3) is 0.538. The van der Waals surface area contributed by atoms with Crippen molar-refractivity contribution in [3.63, 3.8) is 0 Å². The monoisotopic (exact) mass is 204 g/mol. The molecule has 2 heteroatoms.